The summed E-state index contributed by atoms with van der Waals surface area (Å²) in [5.74, 6) is 1.60. The molecule has 0 radical (unpaired) electrons. The van der Waals surface area contributed by atoms with Crippen molar-refractivity contribution in [3.63, 3.8) is 0 Å². The third kappa shape index (κ3) is 2.25. The fourth-order valence-corrected chi connectivity index (χ4v) is 2.68. The molecular formula is C14H22N2O2. The highest BCUT2D eigenvalue weighted by atomic mass is 16.5. The van der Waals surface area contributed by atoms with Crippen LogP contribution in [0.2, 0.25) is 0 Å². The molecule has 0 aromatic heterocycles. The normalized spacial score (nSPS) is 18.4. The van der Waals surface area contributed by atoms with Gasteiger partial charge in [-0.05, 0) is 37.4 Å². The van der Waals surface area contributed by atoms with Gasteiger partial charge in [-0.1, -0.05) is 0 Å². The first kappa shape index (κ1) is 13.0. The number of ether oxygens (including phenoxy) is 2. The van der Waals surface area contributed by atoms with E-state index in [4.69, 9.17) is 15.2 Å². The van der Waals surface area contributed by atoms with E-state index in [0.717, 1.165) is 37.3 Å². The van der Waals surface area contributed by atoms with Crippen LogP contribution in [0, 0.1) is 0 Å². The number of fused-ring (bicyclic) bond motifs is 1. The molecule has 0 spiro atoms. The maximum atomic E-state index is 5.67. The Morgan fingerprint density at radius 1 is 1.28 bits per heavy atom. The van der Waals surface area contributed by atoms with E-state index in [1.807, 2.05) is 0 Å². The molecule has 0 amide bonds. The van der Waals surface area contributed by atoms with Crippen LogP contribution in [-0.2, 0) is 6.42 Å². The average Bonchev–Trinajstić information content (AvgIpc) is 2.41. The van der Waals surface area contributed by atoms with Crippen LogP contribution in [0.3, 0.4) is 0 Å². The van der Waals surface area contributed by atoms with Crippen molar-refractivity contribution < 1.29 is 9.47 Å². The van der Waals surface area contributed by atoms with E-state index >= 15 is 0 Å². The summed E-state index contributed by atoms with van der Waals surface area (Å²) in [5.41, 5.74) is 8.23. The zero-order valence-corrected chi connectivity index (χ0v) is 11.4. The highest BCUT2D eigenvalue weighted by Crippen LogP contribution is 2.39. The Labute approximate surface area is 109 Å². The van der Waals surface area contributed by atoms with Crippen LogP contribution in [0.5, 0.6) is 11.5 Å². The van der Waals surface area contributed by atoms with Crippen molar-refractivity contribution in [1.82, 2.24) is 0 Å². The maximum Gasteiger partial charge on any atom is 0.162 e. The van der Waals surface area contributed by atoms with Gasteiger partial charge in [0, 0.05) is 24.8 Å². The second-order valence-corrected chi connectivity index (χ2v) is 4.72. The molecule has 1 aliphatic heterocycles. The monoisotopic (exact) mass is 250 g/mol. The molecule has 4 nitrogen and oxygen atoms in total. The van der Waals surface area contributed by atoms with Gasteiger partial charge >= 0.3 is 0 Å². The highest BCUT2D eigenvalue weighted by molar-refractivity contribution is 5.63. The Kier molecular flexibility index (Phi) is 3.97. The molecule has 0 bridgehead atoms. The second-order valence-electron chi connectivity index (χ2n) is 4.72. The van der Waals surface area contributed by atoms with Crippen LogP contribution in [0.25, 0.3) is 0 Å². The molecular weight excluding hydrogens is 228 g/mol. The number of hydrogen-bond acceptors (Lipinski definition) is 4. The Bertz CT molecular complexity index is 421. The quantitative estimate of drug-likeness (QED) is 0.885. The van der Waals surface area contributed by atoms with Crippen molar-refractivity contribution in [3.05, 3.63) is 17.7 Å². The SMILES string of the molecule is COc1cc2c(cc1OC)N(C)C(CCN)CC2. The lowest BCUT2D eigenvalue weighted by Crippen LogP contribution is -2.37. The van der Waals surface area contributed by atoms with Gasteiger partial charge in [-0.2, -0.15) is 0 Å². The summed E-state index contributed by atoms with van der Waals surface area (Å²) in [6.45, 7) is 0.734. The lowest BCUT2D eigenvalue weighted by molar-refractivity contribution is 0.354. The van der Waals surface area contributed by atoms with E-state index in [2.05, 4.69) is 24.1 Å². The van der Waals surface area contributed by atoms with Gasteiger partial charge in [-0.15, -0.1) is 0 Å². The maximum absolute atomic E-state index is 5.67. The van der Waals surface area contributed by atoms with Crippen LogP contribution < -0.4 is 20.1 Å². The smallest absolute Gasteiger partial charge is 0.162 e. The van der Waals surface area contributed by atoms with Crippen LogP contribution in [-0.4, -0.2) is 33.9 Å². The fourth-order valence-electron chi connectivity index (χ4n) is 2.68. The van der Waals surface area contributed by atoms with Crippen molar-refractivity contribution in [1.29, 1.82) is 0 Å². The summed E-state index contributed by atoms with van der Waals surface area (Å²) in [7, 11) is 5.47. The number of nitrogens with two attached hydrogens (primary N) is 1. The highest BCUT2D eigenvalue weighted by Gasteiger charge is 2.24. The molecule has 18 heavy (non-hydrogen) atoms. The molecule has 1 aromatic carbocycles. The molecule has 4 heteroatoms. The lowest BCUT2D eigenvalue weighted by atomic mass is 9.94. The van der Waals surface area contributed by atoms with Gasteiger partial charge < -0.3 is 20.1 Å². The Hall–Kier alpha value is -1.42. The summed E-state index contributed by atoms with van der Waals surface area (Å²) in [6, 6.07) is 4.68. The molecule has 1 heterocycles. The molecule has 0 aliphatic carbocycles. The van der Waals surface area contributed by atoms with Crippen molar-refractivity contribution in [2.24, 2.45) is 5.73 Å². The van der Waals surface area contributed by atoms with Crippen molar-refractivity contribution >= 4 is 5.69 Å². The number of methoxy groups -OCH3 is 2. The Morgan fingerprint density at radius 3 is 2.56 bits per heavy atom. The van der Waals surface area contributed by atoms with Gasteiger partial charge in [-0.25, -0.2) is 0 Å². The predicted molar refractivity (Wildman–Crippen MR) is 73.7 cm³/mol. The van der Waals surface area contributed by atoms with E-state index in [0.29, 0.717) is 6.04 Å². The zero-order valence-electron chi connectivity index (χ0n) is 11.4. The van der Waals surface area contributed by atoms with E-state index in [1.54, 1.807) is 14.2 Å². The minimum atomic E-state index is 0.528. The lowest BCUT2D eigenvalue weighted by Gasteiger charge is -2.36. The van der Waals surface area contributed by atoms with Gasteiger partial charge in [-0.3, -0.25) is 0 Å². The van der Waals surface area contributed by atoms with E-state index in [1.165, 1.54) is 11.3 Å². The Morgan fingerprint density at radius 2 is 1.94 bits per heavy atom. The van der Waals surface area contributed by atoms with Crippen molar-refractivity contribution in [3.8, 4) is 11.5 Å². The molecule has 2 N–H and O–H groups in total. The van der Waals surface area contributed by atoms with E-state index < -0.39 is 0 Å². The van der Waals surface area contributed by atoms with Gasteiger partial charge in [0.25, 0.3) is 0 Å². The zero-order chi connectivity index (χ0) is 13.1. The van der Waals surface area contributed by atoms with E-state index in [-0.39, 0.29) is 0 Å². The molecule has 2 rings (SSSR count). The van der Waals surface area contributed by atoms with Crippen LogP contribution >= 0.6 is 0 Å². The standard InChI is InChI=1S/C14H22N2O2/c1-16-11(6-7-15)5-4-10-8-13(17-2)14(18-3)9-12(10)16/h8-9,11H,4-7,15H2,1-3H3. The Balaban J connectivity index is 2.35. The van der Waals surface area contributed by atoms with Crippen LogP contribution in [0.1, 0.15) is 18.4 Å². The number of hydrogen-bond donors (Lipinski definition) is 1. The molecule has 0 saturated carbocycles. The average molecular weight is 250 g/mol. The van der Waals surface area contributed by atoms with E-state index in [9.17, 15) is 0 Å². The van der Waals surface area contributed by atoms with Gasteiger partial charge in [0.05, 0.1) is 14.2 Å². The first-order valence-electron chi connectivity index (χ1n) is 6.39. The molecule has 0 fully saturated rings. The minimum Gasteiger partial charge on any atom is -0.493 e. The summed E-state index contributed by atoms with van der Waals surface area (Å²) in [4.78, 5) is 2.31. The number of rotatable bonds is 4. The molecule has 0 saturated heterocycles. The van der Waals surface area contributed by atoms with Crippen molar-refractivity contribution in [2.45, 2.75) is 25.3 Å². The minimum absolute atomic E-state index is 0.528. The molecule has 100 valence electrons. The first-order chi connectivity index (χ1) is 8.71. The number of benzene rings is 1. The summed E-state index contributed by atoms with van der Waals surface area (Å²) >= 11 is 0. The third-order valence-corrected chi connectivity index (χ3v) is 3.76. The summed E-state index contributed by atoms with van der Waals surface area (Å²) < 4.78 is 10.7. The van der Waals surface area contributed by atoms with Crippen LogP contribution in [0.15, 0.2) is 12.1 Å². The summed E-state index contributed by atoms with van der Waals surface area (Å²) in [5, 5.41) is 0. The molecule has 1 unspecified atom stereocenters. The predicted octanol–water partition coefficient (Wildman–Crippen LogP) is 1.80. The van der Waals surface area contributed by atoms with Crippen molar-refractivity contribution in [2.75, 3.05) is 32.7 Å². The molecule has 1 atom stereocenters. The molecule has 1 aromatic rings. The van der Waals surface area contributed by atoms with Crippen LogP contribution in [0.4, 0.5) is 5.69 Å². The van der Waals surface area contributed by atoms with Gasteiger partial charge in [0.2, 0.25) is 0 Å². The largest absolute Gasteiger partial charge is 0.493 e. The number of aryl methyl sites for hydroxylation is 1. The van der Waals surface area contributed by atoms with Gasteiger partial charge in [0.15, 0.2) is 11.5 Å². The molecule has 1 aliphatic rings. The second kappa shape index (κ2) is 5.48. The number of nitrogens with zero attached hydrogens (tertiary/aromatic N) is 1. The summed E-state index contributed by atoms with van der Waals surface area (Å²) in [6.07, 6.45) is 3.26. The third-order valence-electron chi connectivity index (χ3n) is 3.76. The topological polar surface area (TPSA) is 47.7 Å². The number of anilines is 1. The van der Waals surface area contributed by atoms with Gasteiger partial charge in [0.1, 0.15) is 0 Å². The fraction of sp³-hybridized carbons (Fsp3) is 0.571. The first-order valence-corrected chi connectivity index (χ1v) is 6.39.